The van der Waals surface area contributed by atoms with E-state index in [0.29, 0.717) is 11.5 Å². The summed E-state index contributed by atoms with van der Waals surface area (Å²) in [6, 6.07) is 7.67. The van der Waals surface area contributed by atoms with Crippen molar-refractivity contribution in [3.63, 3.8) is 0 Å². The van der Waals surface area contributed by atoms with Crippen molar-refractivity contribution < 1.29 is 8.42 Å². The summed E-state index contributed by atoms with van der Waals surface area (Å²) >= 11 is 0. The van der Waals surface area contributed by atoms with Crippen LogP contribution in [0.2, 0.25) is 0 Å². The number of sulfonamides is 1. The number of pyridine rings is 1. The lowest BCUT2D eigenvalue weighted by Gasteiger charge is -2.13. The first-order chi connectivity index (χ1) is 10.3. The third kappa shape index (κ3) is 3.98. The van der Waals surface area contributed by atoms with Gasteiger partial charge in [-0.05, 0) is 51.0 Å². The van der Waals surface area contributed by atoms with Crippen LogP contribution >= 0.6 is 0 Å². The van der Waals surface area contributed by atoms with Crippen LogP contribution in [-0.4, -0.2) is 19.2 Å². The standard InChI is InChI=1S/C16H21N3O2S/c1-5-22(20,21)19-14-6-7-15(17-10-14)18-16-12(3)8-11(2)9-13(16)4/h6-10,19H,5H2,1-4H3,(H,17,18). The van der Waals surface area contributed by atoms with Crippen LogP contribution in [0.25, 0.3) is 0 Å². The predicted molar refractivity (Wildman–Crippen MR) is 91.3 cm³/mol. The molecule has 1 aromatic carbocycles. The molecule has 1 aromatic heterocycles. The molecule has 1 heterocycles. The Morgan fingerprint density at radius 3 is 2.23 bits per heavy atom. The molecule has 22 heavy (non-hydrogen) atoms. The zero-order valence-corrected chi connectivity index (χ0v) is 14.1. The van der Waals surface area contributed by atoms with E-state index in [1.54, 1.807) is 19.1 Å². The van der Waals surface area contributed by atoms with Gasteiger partial charge in [-0.2, -0.15) is 0 Å². The normalized spacial score (nSPS) is 11.3. The summed E-state index contributed by atoms with van der Waals surface area (Å²) in [6.07, 6.45) is 1.51. The van der Waals surface area contributed by atoms with Crippen LogP contribution in [-0.2, 0) is 10.0 Å². The summed E-state index contributed by atoms with van der Waals surface area (Å²) in [7, 11) is -3.27. The Kier molecular flexibility index (Phi) is 4.71. The molecule has 0 atom stereocenters. The number of benzene rings is 1. The first kappa shape index (κ1) is 16.3. The second kappa shape index (κ2) is 6.36. The van der Waals surface area contributed by atoms with E-state index in [2.05, 4.69) is 34.1 Å². The molecule has 0 aliphatic rings. The molecular weight excluding hydrogens is 298 g/mol. The van der Waals surface area contributed by atoms with Gasteiger partial charge in [-0.25, -0.2) is 13.4 Å². The zero-order chi connectivity index (χ0) is 16.3. The van der Waals surface area contributed by atoms with Crippen molar-refractivity contribution in [3.8, 4) is 0 Å². The smallest absolute Gasteiger partial charge is 0.232 e. The largest absolute Gasteiger partial charge is 0.340 e. The van der Waals surface area contributed by atoms with E-state index in [1.807, 2.05) is 13.8 Å². The highest BCUT2D eigenvalue weighted by Crippen LogP contribution is 2.25. The predicted octanol–water partition coefficient (Wildman–Crippen LogP) is 3.51. The van der Waals surface area contributed by atoms with Gasteiger partial charge in [0.25, 0.3) is 0 Å². The minimum atomic E-state index is -3.27. The van der Waals surface area contributed by atoms with Gasteiger partial charge in [0.2, 0.25) is 10.0 Å². The minimum Gasteiger partial charge on any atom is -0.340 e. The van der Waals surface area contributed by atoms with E-state index in [-0.39, 0.29) is 5.75 Å². The molecule has 2 rings (SSSR count). The SMILES string of the molecule is CCS(=O)(=O)Nc1ccc(Nc2c(C)cc(C)cc2C)nc1. The van der Waals surface area contributed by atoms with E-state index in [4.69, 9.17) is 0 Å². The topological polar surface area (TPSA) is 71.1 Å². The molecule has 0 spiro atoms. The third-order valence-corrected chi connectivity index (χ3v) is 4.65. The molecular formula is C16H21N3O2S. The number of anilines is 3. The van der Waals surface area contributed by atoms with Crippen molar-refractivity contribution in [2.45, 2.75) is 27.7 Å². The monoisotopic (exact) mass is 319 g/mol. The van der Waals surface area contributed by atoms with Crippen LogP contribution < -0.4 is 10.0 Å². The fraction of sp³-hybridized carbons (Fsp3) is 0.312. The number of rotatable bonds is 5. The maximum atomic E-state index is 11.5. The molecule has 118 valence electrons. The van der Waals surface area contributed by atoms with Crippen molar-refractivity contribution >= 4 is 27.2 Å². The lowest BCUT2D eigenvalue weighted by atomic mass is 10.1. The highest BCUT2D eigenvalue weighted by atomic mass is 32.2. The summed E-state index contributed by atoms with van der Waals surface area (Å²) in [5.74, 6) is 0.712. The lowest BCUT2D eigenvalue weighted by molar-refractivity contribution is 0.602. The van der Waals surface area contributed by atoms with Gasteiger partial charge < -0.3 is 5.32 Å². The third-order valence-electron chi connectivity index (χ3n) is 3.35. The molecule has 2 aromatic rings. The molecule has 0 radical (unpaired) electrons. The maximum Gasteiger partial charge on any atom is 0.232 e. The van der Waals surface area contributed by atoms with E-state index < -0.39 is 10.0 Å². The highest BCUT2D eigenvalue weighted by Gasteiger charge is 2.08. The Morgan fingerprint density at radius 2 is 1.73 bits per heavy atom. The van der Waals surface area contributed by atoms with Crippen molar-refractivity contribution in [2.24, 2.45) is 0 Å². The average molecular weight is 319 g/mol. The molecule has 0 bridgehead atoms. The van der Waals surface area contributed by atoms with Gasteiger partial charge >= 0.3 is 0 Å². The van der Waals surface area contributed by atoms with Crippen molar-refractivity contribution in [3.05, 3.63) is 47.2 Å². The maximum absolute atomic E-state index is 11.5. The molecule has 6 heteroatoms. The molecule has 0 aliphatic carbocycles. The quantitative estimate of drug-likeness (QED) is 0.884. The molecule has 0 saturated carbocycles. The summed E-state index contributed by atoms with van der Waals surface area (Å²) in [6.45, 7) is 7.75. The van der Waals surface area contributed by atoms with Crippen LogP contribution in [0.15, 0.2) is 30.5 Å². The summed E-state index contributed by atoms with van der Waals surface area (Å²) < 4.78 is 25.5. The summed E-state index contributed by atoms with van der Waals surface area (Å²) in [5, 5.41) is 3.28. The first-order valence-electron chi connectivity index (χ1n) is 7.12. The zero-order valence-electron chi connectivity index (χ0n) is 13.3. The van der Waals surface area contributed by atoms with Gasteiger partial charge in [0.05, 0.1) is 17.6 Å². The van der Waals surface area contributed by atoms with Crippen LogP contribution in [0.1, 0.15) is 23.6 Å². The van der Waals surface area contributed by atoms with E-state index >= 15 is 0 Å². The molecule has 0 unspecified atom stereocenters. The van der Waals surface area contributed by atoms with Crippen molar-refractivity contribution in [1.82, 2.24) is 4.98 Å². The number of hydrogen-bond acceptors (Lipinski definition) is 4. The molecule has 0 saturated heterocycles. The number of aryl methyl sites for hydroxylation is 3. The van der Waals surface area contributed by atoms with Gasteiger partial charge in [-0.15, -0.1) is 0 Å². The van der Waals surface area contributed by atoms with Gasteiger partial charge in [0, 0.05) is 5.69 Å². The van der Waals surface area contributed by atoms with Crippen molar-refractivity contribution in [1.29, 1.82) is 0 Å². The Hall–Kier alpha value is -2.08. The van der Waals surface area contributed by atoms with Crippen LogP contribution in [0.3, 0.4) is 0 Å². The van der Waals surface area contributed by atoms with E-state index in [0.717, 1.165) is 16.8 Å². The van der Waals surface area contributed by atoms with Gasteiger partial charge in [0.15, 0.2) is 0 Å². The molecule has 2 N–H and O–H groups in total. The fourth-order valence-corrected chi connectivity index (χ4v) is 2.91. The second-order valence-electron chi connectivity index (χ2n) is 5.34. The van der Waals surface area contributed by atoms with E-state index in [1.165, 1.54) is 11.8 Å². The van der Waals surface area contributed by atoms with E-state index in [9.17, 15) is 8.42 Å². The summed E-state index contributed by atoms with van der Waals surface area (Å²) in [5.41, 5.74) is 5.01. The van der Waals surface area contributed by atoms with Crippen LogP contribution in [0.5, 0.6) is 0 Å². The van der Waals surface area contributed by atoms with Gasteiger partial charge in [-0.1, -0.05) is 17.7 Å². The van der Waals surface area contributed by atoms with Gasteiger partial charge in [0.1, 0.15) is 5.82 Å². The van der Waals surface area contributed by atoms with Crippen molar-refractivity contribution in [2.75, 3.05) is 15.8 Å². The average Bonchev–Trinajstić information content (AvgIpc) is 2.44. The van der Waals surface area contributed by atoms with Crippen LogP contribution in [0, 0.1) is 20.8 Å². The number of nitrogens with one attached hydrogen (secondary N) is 2. The molecule has 5 nitrogen and oxygen atoms in total. The Balaban J connectivity index is 2.19. The number of nitrogens with zero attached hydrogens (tertiary/aromatic N) is 1. The molecule has 0 aliphatic heterocycles. The summed E-state index contributed by atoms with van der Waals surface area (Å²) in [4.78, 5) is 4.26. The first-order valence-corrected chi connectivity index (χ1v) is 8.77. The lowest BCUT2D eigenvalue weighted by Crippen LogP contribution is -2.14. The second-order valence-corrected chi connectivity index (χ2v) is 7.35. The number of aromatic nitrogens is 1. The Labute approximate surface area is 131 Å². The van der Waals surface area contributed by atoms with Gasteiger partial charge in [-0.3, -0.25) is 4.72 Å². The molecule has 0 fully saturated rings. The minimum absolute atomic E-state index is 0.0365. The Bertz CT molecular complexity index is 745. The Morgan fingerprint density at radius 1 is 1.09 bits per heavy atom. The van der Waals surface area contributed by atoms with Crippen LogP contribution in [0.4, 0.5) is 17.2 Å². The highest BCUT2D eigenvalue weighted by molar-refractivity contribution is 7.92. The molecule has 0 amide bonds. The fourth-order valence-electron chi connectivity index (χ4n) is 2.29. The number of hydrogen-bond donors (Lipinski definition) is 2.